The van der Waals surface area contributed by atoms with Crippen molar-refractivity contribution in [2.24, 2.45) is 11.7 Å². The third-order valence-corrected chi connectivity index (χ3v) is 3.76. The molecule has 0 aromatic heterocycles. The Morgan fingerprint density at radius 2 is 1.94 bits per heavy atom. The minimum absolute atomic E-state index is 0.112. The highest BCUT2D eigenvalue weighted by atomic mass is 32.1. The lowest BCUT2D eigenvalue weighted by molar-refractivity contribution is 0.214. The van der Waals surface area contributed by atoms with Gasteiger partial charge in [-0.2, -0.15) is 0 Å². The number of urea groups is 1. The Morgan fingerprint density at radius 3 is 2.35 bits per heavy atom. The van der Waals surface area contributed by atoms with E-state index < -0.39 is 5.54 Å². The Bertz CT molecular complexity index is 296. The van der Waals surface area contributed by atoms with Crippen molar-refractivity contribution in [1.82, 2.24) is 10.6 Å². The van der Waals surface area contributed by atoms with Crippen LogP contribution in [-0.4, -0.2) is 22.6 Å². The maximum Gasteiger partial charge on any atom is 0.315 e. The first-order valence-electron chi connectivity index (χ1n) is 6.24. The third-order valence-electron chi connectivity index (χ3n) is 3.37. The number of carbonyl (C=O) groups excluding carboxylic acids is 1. The van der Waals surface area contributed by atoms with E-state index >= 15 is 0 Å². The summed E-state index contributed by atoms with van der Waals surface area (Å²) in [5.74, 6) is 0.687. The van der Waals surface area contributed by atoms with E-state index in [1.54, 1.807) is 0 Å². The fraction of sp³-hybridized carbons (Fsp3) is 0.833. The van der Waals surface area contributed by atoms with Gasteiger partial charge in [-0.15, -0.1) is 0 Å². The zero-order valence-corrected chi connectivity index (χ0v) is 11.7. The lowest BCUT2D eigenvalue weighted by Crippen LogP contribution is -2.60. The number of rotatable bonds is 3. The lowest BCUT2D eigenvalue weighted by Gasteiger charge is -2.39. The van der Waals surface area contributed by atoms with Gasteiger partial charge in [0.05, 0.1) is 10.5 Å². The normalized spacial score (nSPS) is 28.8. The first-order valence-corrected chi connectivity index (χ1v) is 6.65. The van der Waals surface area contributed by atoms with E-state index in [0.717, 1.165) is 25.7 Å². The largest absolute Gasteiger partial charge is 0.391 e. The van der Waals surface area contributed by atoms with Gasteiger partial charge >= 0.3 is 6.03 Å². The second-order valence-electron chi connectivity index (χ2n) is 5.38. The zero-order valence-electron chi connectivity index (χ0n) is 10.9. The Morgan fingerprint density at radius 1 is 1.41 bits per heavy atom. The number of nitrogens with one attached hydrogen (secondary N) is 2. The second kappa shape index (κ2) is 5.67. The van der Waals surface area contributed by atoms with Gasteiger partial charge in [-0.3, -0.25) is 0 Å². The van der Waals surface area contributed by atoms with Gasteiger partial charge in [0.25, 0.3) is 0 Å². The van der Waals surface area contributed by atoms with Gasteiger partial charge in [-0.1, -0.05) is 19.1 Å². The summed E-state index contributed by atoms with van der Waals surface area (Å²) in [6, 6.07) is -0.0664. The molecule has 98 valence electrons. The van der Waals surface area contributed by atoms with E-state index in [2.05, 4.69) is 17.6 Å². The average Bonchev–Trinajstić information content (AvgIpc) is 2.20. The Hall–Kier alpha value is -0.840. The van der Waals surface area contributed by atoms with E-state index in [0.29, 0.717) is 10.9 Å². The van der Waals surface area contributed by atoms with Crippen LogP contribution in [0.15, 0.2) is 0 Å². The van der Waals surface area contributed by atoms with Crippen molar-refractivity contribution < 1.29 is 4.79 Å². The van der Waals surface area contributed by atoms with Gasteiger partial charge in [0.15, 0.2) is 0 Å². The number of amides is 2. The summed E-state index contributed by atoms with van der Waals surface area (Å²) in [4.78, 5) is 12.2. The number of hydrogen-bond donors (Lipinski definition) is 3. The summed E-state index contributed by atoms with van der Waals surface area (Å²) in [5, 5.41) is 5.78. The van der Waals surface area contributed by atoms with Crippen LogP contribution in [0.5, 0.6) is 0 Å². The zero-order chi connectivity index (χ0) is 13.1. The Balaban J connectivity index is 2.66. The predicted octanol–water partition coefficient (Wildman–Crippen LogP) is 1.93. The molecule has 0 unspecified atom stereocenters. The highest BCUT2D eigenvalue weighted by molar-refractivity contribution is 7.80. The summed E-state index contributed by atoms with van der Waals surface area (Å²) in [6.07, 6.45) is 3.79. The predicted molar refractivity (Wildman–Crippen MR) is 74.0 cm³/mol. The first-order chi connectivity index (χ1) is 7.85. The highest BCUT2D eigenvalue weighted by Gasteiger charge is 2.38. The van der Waals surface area contributed by atoms with Crippen LogP contribution in [-0.2, 0) is 0 Å². The van der Waals surface area contributed by atoms with Crippen molar-refractivity contribution in [3.8, 4) is 0 Å². The molecule has 1 aliphatic carbocycles. The molecule has 4 N–H and O–H groups in total. The van der Waals surface area contributed by atoms with E-state index in [9.17, 15) is 4.79 Å². The molecule has 0 bridgehead atoms. The van der Waals surface area contributed by atoms with Crippen molar-refractivity contribution in [2.75, 3.05) is 0 Å². The standard InChI is InChI=1S/C12H23N3OS/c1-8(2)14-11(16)15-12(10(13)17)6-4-9(3)5-7-12/h8-9H,4-7H2,1-3H3,(H2,13,17)(H2,14,15,16). The van der Waals surface area contributed by atoms with E-state index in [4.69, 9.17) is 18.0 Å². The molecule has 1 aliphatic rings. The van der Waals surface area contributed by atoms with Gasteiger partial charge in [-0.05, 0) is 45.4 Å². The van der Waals surface area contributed by atoms with Crippen molar-refractivity contribution in [3.63, 3.8) is 0 Å². The van der Waals surface area contributed by atoms with Crippen LogP contribution in [0.25, 0.3) is 0 Å². The molecule has 17 heavy (non-hydrogen) atoms. The van der Waals surface area contributed by atoms with Crippen LogP contribution in [0.4, 0.5) is 4.79 Å². The molecule has 1 rings (SSSR count). The second-order valence-corrected chi connectivity index (χ2v) is 5.82. The van der Waals surface area contributed by atoms with Crippen molar-refractivity contribution in [1.29, 1.82) is 0 Å². The quantitative estimate of drug-likeness (QED) is 0.677. The summed E-state index contributed by atoms with van der Waals surface area (Å²) in [7, 11) is 0. The van der Waals surface area contributed by atoms with Gasteiger partial charge in [0, 0.05) is 6.04 Å². The molecule has 5 heteroatoms. The summed E-state index contributed by atoms with van der Waals surface area (Å²) < 4.78 is 0. The van der Waals surface area contributed by atoms with Crippen molar-refractivity contribution in [2.45, 2.75) is 58.0 Å². The molecule has 0 aromatic rings. The minimum atomic E-state index is -0.485. The molecule has 0 saturated heterocycles. The number of thiocarbonyl (C=S) groups is 1. The number of nitrogens with two attached hydrogens (primary N) is 1. The monoisotopic (exact) mass is 257 g/mol. The van der Waals surface area contributed by atoms with Crippen LogP contribution < -0.4 is 16.4 Å². The number of hydrogen-bond acceptors (Lipinski definition) is 2. The van der Waals surface area contributed by atoms with Crippen LogP contribution in [0.3, 0.4) is 0 Å². The maximum atomic E-state index is 11.8. The molecule has 2 amide bonds. The molecule has 1 fully saturated rings. The van der Waals surface area contributed by atoms with Crippen molar-refractivity contribution in [3.05, 3.63) is 0 Å². The molecule has 4 nitrogen and oxygen atoms in total. The minimum Gasteiger partial charge on any atom is -0.391 e. The fourth-order valence-electron chi connectivity index (χ4n) is 2.20. The smallest absolute Gasteiger partial charge is 0.315 e. The van der Waals surface area contributed by atoms with Crippen LogP contribution >= 0.6 is 12.2 Å². The topological polar surface area (TPSA) is 67.2 Å². The molecular formula is C12H23N3OS. The Kier molecular flexibility index (Phi) is 4.74. The fourth-order valence-corrected chi connectivity index (χ4v) is 2.46. The molecule has 0 aliphatic heterocycles. The molecule has 0 radical (unpaired) electrons. The van der Waals surface area contributed by atoms with Gasteiger partial charge in [-0.25, -0.2) is 4.79 Å². The summed E-state index contributed by atoms with van der Waals surface area (Å²) in [5.41, 5.74) is 5.33. The average molecular weight is 257 g/mol. The van der Waals surface area contributed by atoms with Gasteiger partial charge in [0.1, 0.15) is 0 Å². The molecule has 1 saturated carbocycles. The van der Waals surface area contributed by atoms with E-state index in [1.807, 2.05) is 13.8 Å². The molecule has 0 aromatic carbocycles. The van der Waals surface area contributed by atoms with Gasteiger partial charge < -0.3 is 16.4 Å². The third kappa shape index (κ3) is 3.84. The summed E-state index contributed by atoms with van der Waals surface area (Å²) in [6.45, 7) is 6.07. The molecule has 0 heterocycles. The molecular weight excluding hydrogens is 234 g/mol. The van der Waals surface area contributed by atoms with Crippen LogP contribution in [0.1, 0.15) is 46.5 Å². The lowest BCUT2D eigenvalue weighted by atomic mass is 9.77. The van der Waals surface area contributed by atoms with Crippen LogP contribution in [0.2, 0.25) is 0 Å². The Labute approximate surface area is 109 Å². The first kappa shape index (κ1) is 14.2. The SMILES string of the molecule is CC1CCC(NC(=O)NC(C)C)(C(N)=S)CC1. The molecule has 0 atom stereocenters. The van der Waals surface area contributed by atoms with Gasteiger partial charge in [0.2, 0.25) is 0 Å². The van der Waals surface area contributed by atoms with Crippen LogP contribution in [0, 0.1) is 5.92 Å². The number of carbonyl (C=O) groups is 1. The highest BCUT2D eigenvalue weighted by Crippen LogP contribution is 2.32. The summed E-state index contributed by atoms with van der Waals surface area (Å²) >= 11 is 5.13. The van der Waals surface area contributed by atoms with Crippen molar-refractivity contribution >= 4 is 23.2 Å². The maximum absolute atomic E-state index is 11.8. The molecule has 0 spiro atoms. The van der Waals surface area contributed by atoms with E-state index in [-0.39, 0.29) is 12.1 Å². The van der Waals surface area contributed by atoms with E-state index in [1.165, 1.54) is 0 Å².